The Morgan fingerprint density at radius 1 is 1.24 bits per heavy atom. The number of carbonyl (C=O) groups excluding carboxylic acids is 1. The first-order chi connectivity index (χ1) is 13.8. The van der Waals surface area contributed by atoms with Gasteiger partial charge in [-0.1, -0.05) is 22.8 Å². The maximum absolute atomic E-state index is 12.4. The predicted molar refractivity (Wildman–Crippen MR) is 109 cm³/mol. The number of piperazine rings is 1. The molecule has 158 valence electrons. The SMILES string of the molecule is Cc1noc(C)c1CN1CCN(C(=O)CCNS(=O)(=O)c2cccc(Cl)c2)CC1. The molecule has 10 heteroatoms. The minimum absolute atomic E-state index is 0.0486. The lowest BCUT2D eigenvalue weighted by molar-refractivity contribution is -0.132. The topological polar surface area (TPSA) is 95.8 Å². The molecule has 0 saturated carbocycles. The van der Waals surface area contributed by atoms with Gasteiger partial charge in [0.15, 0.2) is 0 Å². The molecule has 1 aromatic carbocycles. The molecule has 1 aliphatic rings. The monoisotopic (exact) mass is 440 g/mol. The molecule has 0 radical (unpaired) electrons. The van der Waals surface area contributed by atoms with E-state index in [1.807, 2.05) is 13.8 Å². The highest BCUT2D eigenvalue weighted by Gasteiger charge is 2.23. The molecule has 1 fully saturated rings. The summed E-state index contributed by atoms with van der Waals surface area (Å²) in [4.78, 5) is 16.6. The maximum atomic E-state index is 12.4. The highest BCUT2D eigenvalue weighted by molar-refractivity contribution is 7.89. The summed E-state index contributed by atoms with van der Waals surface area (Å²) >= 11 is 5.84. The first-order valence-corrected chi connectivity index (χ1v) is 11.3. The van der Waals surface area contributed by atoms with E-state index in [4.69, 9.17) is 16.1 Å². The summed E-state index contributed by atoms with van der Waals surface area (Å²) in [6.45, 7) is 7.37. The van der Waals surface area contributed by atoms with Crippen molar-refractivity contribution in [1.29, 1.82) is 0 Å². The zero-order valence-corrected chi connectivity index (χ0v) is 18.1. The molecule has 1 amide bonds. The molecule has 0 unspecified atom stereocenters. The molecule has 1 aromatic heterocycles. The van der Waals surface area contributed by atoms with Gasteiger partial charge in [-0.15, -0.1) is 0 Å². The molecule has 3 rings (SSSR count). The number of nitrogens with zero attached hydrogens (tertiary/aromatic N) is 3. The van der Waals surface area contributed by atoms with Crippen LogP contribution in [0, 0.1) is 13.8 Å². The van der Waals surface area contributed by atoms with E-state index in [0.29, 0.717) is 18.1 Å². The van der Waals surface area contributed by atoms with Crippen LogP contribution in [0.1, 0.15) is 23.4 Å². The van der Waals surface area contributed by atoms with Crippen LogP contribution in [0.15, 0.2) is 33.7 Å². The summed E-state index contributed by atoms with van der Waals surface area (Å²) in [5.74, 6) is 0.767. The average molecular weight is 441 g/mol. The van der Waals surface area contributed by atoms with Crippen molar-refractivity contribution in [2.75, 3.05) is 32.7 Å². The summed E-state index contributed by atoms with van der Waals surface area (Å²) < 4.78 is 32.2. The van der Waals surface area contributed by atoms with Gasteiger partial charge in [0.1, 0.15) is 5.76 Å². The summed E-state index contributed by atoms with van der Waals surface area (Å²) in [5.41, 5.74) is 1.99. The van der Waals surface area contributed by atoms with E-state index in [2.05, 4.69) is 14.8 Å². The smallest absolute Gasteiger partial charge is 0.240 e. The third kappa shape index (κ3) is 5.57. The Balaban J connectivity index is 1.44. The second kappa shape index (κ2) is 9.25. The van der Waals surface area contributed by atoms with Crippen LogP contribution in [0.2, 0.25) is 5.02 Å². The lowest BCUT2D eigenvalue weighted by Gasteiger charge is -2.34. The third-order valence-electron chi connectivity index (χ3n) is 5.03. The molecule has 0 bridgehead atoms. The van der Waals surface area contributed by atoms with E-state index in [1.165, 1.54) is 12.1 Å². The molecule has 8 nitrogen and oxygen atoms in total. The number of hydrogen-bond acceptors (Lipinski definition) is 6. The molecular weight excluding hydrogens is 416 g/mol. The Morgan fingerprint density at radius 3 is 2.59 bits per heavy atom. The molecule has 0 spiro atoms. The molecule has 1 aliphatic heterocycles. The molecular formula is C19H25ClN4O4S. The third-order valence-corrected chi connectivity index (χ3v) is 6.72. The number of hydrogen-bond donors (Lipinski definition) is 1. The molecule has 2 heterocycles. The number of aromatic nitrogens is 1. The van der Waals surface area contributed by atoms with Crippen LogP contribution in [-0.4, -0.2) is 62.0 Å². The van der Waals surface area contributed by atoms with Crippen molar-refractivity contribution in [3.05, 3.63) is 46.3 Å². The van der Waals surface area contributed by atoms with Gasteiger partial charge in [0.05, 0.1) is 10.6 Å². The highest BCUT2D eigenvalue weighted by atomic mass is 35.5. The van der Waals surface area contributed by atoms with Crippen molar-refractivity contribution in [3.63, 3.8) is 0 Å². The van der Waals surface area contributed by atoms with Gasteiger partial charge in [-0.25, -0.2) is 13.1 Å². The van der Waals surface area contributed by atoms with Gasteiger partial charge in [-0.05, 0) is 32.0 Å². The van der Waals surface area contributed by atoms with Crippen molar-refractivity contribution < 1.29 is 17.7 Å². The average Bonchev–Trinajstić information content (AvgIpc) is 3.00. The van der Waals surface area contributed by atoms with Gasteiger partial charge in [-0.3, -0.25) is 9.69 Å². The fourth-order valence-corrected chi connectivity index (χ4v) is 4.61. The summed E-state index contributed by atoms with van der Waals surface area (Å²) in [6, 6.07) is 6.03. The van der Waals surface area contributed by atoms with Crippen molar-refractivity contribution in [3.8, 4) is 0 Å². The van der Waals surface area contributed by atoms with Gasteiger partial charge >= 0.3 is 0 Å². The first-order valence-electron chi connectivity index (χ1n) is 9.43. The summed E-state index contributed by atoms with van der Waals surface area (Å²) in [7, 11) is -3.68. The standard InChI is InChI=1S/C19H25ClN4O4S/c1-14-18(15(2)28-22-14)13-23-8-10-24(11-9-23)19(25)6-7-21-29(26,27)17-5-3-4-16(20)12-17/h3-5,12,21H,6-11,13H2,1-2H3. The lowest BCUT2D eigenvalue weighted by Crippen LogP contribution is -2.48. The predicted octanol–water partition coefficient (Wildman–Crippen LogP) is 1.96. The highest BCUT2D eigenvalue weighted by Crippen LogP contribution is 2.17. The number of aryl methyl sites for hydroxylation is 2. The lowest BCUT2D eigenvalue weighted by atomic mass is 10.1. The normalized spacial score (nSPS) is 15.6. The summed E-state index contributed by atoms with van der Waals surface area (Å²) in [5, 5.41) is 4.32. The Kier molecular flexibility index (Phi) is 6.94. The van der Waals surface area contributed by atoms with Gasteiger partial charge < -0.3 is 9.42 Å². The number of benzene rings is 1. The van der Waals surface area contributed by atoms with Gasteiger partial charge in [0, 0.05) is 56.3 Å². The second-order valence-corrected chi connectivity index (χ2v) is 9.27. The van der Waals surface area contributed by atoms with E-state index < -0.39 is 10.0 Å². The van der Waals surface area contributed by atoms with Crippen molar-refractivity contribution in [1.82, 2.24) is 19.7 Å². The number of sulfonamides is 1. The van der Waals surface area contributed by atoms with Crippen LogP contribution in [0.25, 0.3) is 0 Å². The van der Waals surface area contributed by atoms with E-state index in [9.17, 15) is 13.2 Å². The summed E-state index contributed by atoms with van der Waals surface area (Å²) in [6.07, 6.45) is 0.115. The van der Waals surface area contributed by atoms with E-state index in [-0.39, 0.29) is 23.8 Å². The maximum Gasteiger partial charge on any atom is 0.240 e. The largest absolute Gasteiger partial charge is 0.361 e. The molecule has 2 aromatic rings. The minimum atomic E-state index is -3.68. The number of halogens is 1. The van der Waals surface area contributed by atoms with Crippen LogP contribution >= 0.6 is 11.6 Å². The van der Waals surface area contributed by atoms with Crippen LogP contribution in [0.3, 0.4) is 0 Å². The number of carbonyl (C=O) groups is 1. The van der Waals surface area contributed by atoms with Crippen LogP contribution in [0.4, 0.5) is 0 Å². The van der Waals surface area contributed by atoms with E-state index in [1.54, 1.807) is 17.0 Å². The molecule has 0 atom stereocenters. The zero-order valence-electron chi connectivity index (χ0n) is 16.5. The Labute approximate surface area is 175 Å². The van der Waals surface area contributed by atoms with Crippen molar-refractivity contribution >= 4 is 27.5 Å². The Morgan fingerprint density at radius 2 is 1.97 bits per heavy atom. The van der Waals surface area contributed by atoms with Crippen molar-refractivity contribution in [2.45, 2.75) is 31.7 Å². The van der Waals surface area contributed by atoms with Crippen LogP contribution < -0.4 is 4.72 Å². The van der Waals surface area contributed by atoms with E-state index >= 15 is 0 Å². The first kappa shape index (κ1) is 21.8. The Bertz CT molecular complexity index is 949. The Hall–Kier alpha value is -1.94. The quantitative estimate of drug-likeness (QED) is 0.707. The number of rotatable bonds is 7. The van der Waals surface area contributed by atoms with E-state index in [0.717, 1.165) is 36.7 Å². The minimum Gasteiger partial charge on any atom is -0.361 e. The van der Waals surface area contributed by atoms with Gasteiger partial charge in [0.2, 0.25) is 15.9 Å². The fraction of sp³-hybridized carbons (Fsp3) is 0.474. The number of amides is 1. The molecule has 0 aliphatic carbocycles. The van der Waals surface area contributed by atoms with Crippen molar-refractivity contribution in [2.24, 2.45) is 0 Å². The van der Waals surface area contributed by atoms with Gasteiger partial charge in [-0.2, -0.15) is 0 Å². The van der Waals surface area contributed by atoms with Gasteiger partial charge in [0.25, 0.3) is 0 Å². The molecule has 1 saturated heterocycles. The van der Waals surface area contributed by atoms with Crippen LogP contribution in [-0.2, 0) is 21.4 Å². The number of nitrogens with one attached hydrogen (secondary N) is 1. The molecule has 1 N–H and O–H groups in total. The second-order valence-electron chi connectivity index (χ2n) is 7.06. The van der Waals surface area contributed by atoms with Crippen LogP contribution in [0.5, 0.6) is 0 Å². The molecule has 29 heavy (non-hydrogen) atoms. The fourth-order valence-electron chi connectivity index (χ4n) is 3.27. The zero-order chi connectivity index (χ0) is 21.0.